The Kier molecular flexibility index (Phi) is 7.20. The average Bonchev–Trinajstić information content (AvgIpc) is 3.31. The van der Waals surface area contributed by atoms with Gasteiger partial charge in [0.05, 0.1) is 12.0 Å². The number of carbonyl (C=O) groups excluding carboxylic acids is 1. The number of benzene rings is 2. The molecule has 3 rings (SSSR count). The summed E-state index contributed by atoms with van der Waals surface area (Å²) in [7, 11) is -3.78. The Morgan fingerprint density at radius 3 is 2.38 bits per heavy atom. The Hall–Kier alpha value is -2.91. The van der Waals surface area contributed by atoms with E-state index in [0.717, 1.165) is 12.8 Å². The molecule has 2 aromatic rings. The SMILES string of the molecule is CCOc1ccc(NC(=O)C[C@](C)(C(=O)O)c2ccccc2)cc1S(=O)(=O)N1CCCC1. The molecule has 1 aliphatic heterocycles. The van der Waals surface area contributed by atoms with Crippen molar-refractivity contribution in [3.05, 3.63) is 54.1 Å². The second-order valence-corrected chi connectivity index (χ2v) is 9.84. The second kappa shape index (κ2) is 9.70. The number of sulfonamides is 1. The van der Waals surface area contributed by atoms with Gasteiger partial charge in [-0.05, 0) is 50.5 Å². The summed E-state index contributed by atoms with van der Waals surface area (Å²) in [5.74, 6) is -1.44. The van der Waals surface area contributed by atoms with Gasteiger partial charge in [-0.15, -0.1) is 0 Å². The minimum absolute atomic E-state index is 0.0110. The zero-order chi connectivity index (χ0) is 23.4. The highest BCUT2D eigenvalue weighted by Crippen LogP contribution is 2.33. The summed E-state index contributed by atoms with van der Waals surface area (Å²) < 4.78 is 33.2. The quantitative estimate of drug-likeness (QED) is 0.594. The number of nitrogens with one attached hydrogen (secondary N) is 1. The molecule has 9 heteroatoms. The lowest BCUT2D eigenvalue weighted by molar-refractivity contribution is -0.145. The monoisotopic (exact) mass is 460 g/mol. The molecular formula is C23H28N2O6S. The van der Waals surface area contributed by atoms with E-state index in [2.05, 4.69) is 5.32 Å². The number of hydrogen-bond donors (Lipinski definition) is 2. The van der Waals surface area contributed by atoms with E-state index >= 15 is 0 Å². The Morgan fingerprint density at radius 2 is 1.78 bits per heavy atom. The van der Waals surface area contributed by atoms with E-state index in [1.807, 2.05) is 0 Å². The van der Waals surface area contributed by atoms with E-state index in [9.17, 15) is 23.1 Å². The number of anilines is 1. The van der Waals surface area contributed by atoms with Crippen LogP contribution in [0.2, 0.25) is 0 Å². The summed E-state index contributed by atoms with van der Waals surface area (Å²) >= 11 is 0. The van der Waals surface area contributed by atoms with Crippen LogP contribution in [0, 0.1) is 0 Å². The normalized spacial score (nSPS) is 16.3. The summed E-state index contributed by atoms with van der Waals surface area (Å²) in [6, 6.07) is 13.0. The number of carboxylic acids is 1. The van der Waals surface area contributed by atoms with Gasteiger partial charge in [-0.25, -0.2) is 8.42 Å². The van der Waals surface area contributed by atoms with Gasteiger partial charge in [0.25, 0.3) is 0 Å². The highest BCUT2D eigenvalue weighted by atomic mass is 32.2. The van der Waals surface area contributed by atoms with E-state index in [-0.39, 0.29) is 22.8 Å². The van der Waals surface area contributed by atoms with Crippen LogP contribution in [-0.4, -0.2) is 49.4 Å². The second-order valence-electron chi connectivity index (χ2n) is 7.93. The van der Waals surface area contributed by atoms with Crippen molar-refractivity contribution in [3.8, 4) is 5.75 Å². The third-order valence-electron chi connectivity index (χ3n) is 5.61. The van der Waals surface area contributed by atoms with Gasteiger partial charge in [-0.1, -0.05) is 30.3 Å². The van der Waals surface area contributed by atoms with Crippen molar-refractivity contribution in [2.45, 2.75) is 43.4 Å². The molecule has 0 bridgehead atoms. The molecule has 1 aliphatic rings. The lowest BCUT2D eigenvalue weighted by atomic mass is 9.79. The van der Waals surface area contributed by atoms with Gasteiger partial charge >= 0.3 is 5.97 Å². The minimum atomic E-state index is -3.78. The third-order valence-corrected chi connectivity index (χ3v) is 7.53. The fourth-order valence-corrected chi connectivity index (χ4v) is 5.44. The van der Waals surface area contributed by atoms with Crippen molar-refractivity contribution in [1.82, 2.24) is 4.31 Å². The Morgan fingerprint density at radius 1 is 1.12 bits per heavy atom. The molecule has 172 valence electrons. The van der Waals surface area contributed by atoms with Crippen LogP contribution < -0.4 is 10.1 Å². The van der Waals surface area contributed by atoms with E-state index < -0.39 is 27.3 Å². The first-order valence-electron chi connectivity index (χ1n) is 10.5. The molecule has 8 nitrogen and oxygen atoms in total. The number of aliphatic carboxylic acids is 1. The number of rotatable bonds is 9. The summed E-state index contributed by atoms with van der Waals surface area (Å²) in [6.07, 6.45) is 1.29. The number of nitrogens with zero attached hydrogens (tertiary/aromatic N) is 1. The molecule has 1 amide bonds. The van der Waals surface area contributed by atoms with Crippen molar-refractivity contribution < 1.29 is 27.9 Å². The Labute approximate surface area is 188 Å². The third kappa shape index (κ3) is 4.94. The Bertz CT molecular complexity index is 1080. The zero-order valence-electron chi connectivity index (χ0n) is 18.2. The molecule has 0 aromatic heterocycles. The van der Waals surface area contributed by atoms with Crippen molar-refractivity contribution in [2.75, 3.05) is 25.0 Å². The van der Waals surface area contributed by atoms with E-state index in [4.69, 9.17) is 4.74 Å². The molecule has 0 saturated carbocycles. The lowest BCUT2D eigenvalue weighted by Crippen LogP contribution is -2.36. The average molecular weight is 461 g/mol. The molecule has 0 radical (unpaired) electrons. The van der Waals surface area contributed by atoms with Crippen LogP contribution in [0.3, 0.4) is 0 Å². The van der Waals surface area contributed by atoms with Gasteiger partial charge in [0.15, 0.2) is 0 Å². The molecule has 0 aliphatic carbocycles. The lowest BCUT2D eigenvalue weighted by Gasteiger charge is -2.25. The predicted molar refractivity (Wildman–Crippen MR) is 120 cm³/mol. The first-order valence-corrected chi connectivity index (χ1v) is 12.0. The maximum atomic E-state index is 13.1. The van der Waals surface area contributed by atoms with Crippen LogP contribution in [0.5, 0.6) is 5.75 Å². The van der Waals surface area contributed by atoms with E-state index in [1.165, 1.54) is 23.4 Å². The molecule has 1 atom stereocenters. The van der Waals surface area contributed by atoms with Gasteiger partial charge in [-0.3, -0.25) is 9.59 Å². The smallest absolute Gasteiger partial charge is 0.314 e. The van der Waals surface area contributed by atoms with Crippen LogP contribution in [0.15, 0.2) is 53.4 Å². The van der Waals surface area contributed by atoms with E-state index in [1.54, 1.807) is 43.3 Å². The van der Waals surface area contributed by atoms with Gasteiger partial charge in [0, 0.05) is 25.2 Å². The predicted octanol–water partition coefficient (Wildman–Crippen LogP) is 3.24. The van der Waals surface area contributed by atoms with Gasteiger partial charge in [0.1, 0.15) is 10.6 Å². The number of amides is 1. The number of ether oxygens (including phenoxy) is 1. The van der Waals surface area contributed by atoms with Crippen molar-refractivity contribution in [3.63, 3.8) is 0 Å². The maximum absolute atomic E-state index is 13.1. The molecule has 1 heterocycles. The minimum Gasteiger partial charge on any atom is -0.492 e. The first-order chi connectivity index (χ1) is 15.2. The molecule has 0 spiro atoms. The van der Waals surface area contributed by atoms with Crippen LogP contribution in [0.4, 0.5) is 5.69 Å². The molecular weight excluding hydrogens is 432 g/mol. The van der Waals surface area contributed by atoms with Crippen molar-refractivity contribution in [1.29, 1.82) is 0 Å². The van der Waals surface area contributed by atoms with Gasteiger partial charge < -0.3 is 15.2 Å². The van der Waals surface area contributed by atoms with Crippen LogP contribution in [0.25, 0.3) is 0 Å². The topological polar surface area (TPSA) is 113 Å². The standard InChI is InChI=1S/C23H28N2O6S/c1-3-31-19-12-11-18(15-20(19)32(29,30)25-13-7-8-14-25)24-21(26)16-23(2,22(27)28)17-9-5-4-6-10-17/h4-6,9-12,15H,3,7-8,13-14,16H2,1-2H3,(H,24,26)(H,27,28)/t23-/m0/s1. The fourth-order valence-electron chi connectivity index (χ4n) is 3.76. The van der Waals surface area contributed by atoms with Crippen molar-refractivity contribution >= 4 is 27.6 Å². The van der Waals surface area contributed by atoms with Crippen molar-refractivity contribution in [2.24, 2.45) is 0 Å². The summed E-state index contributed by atoms with van der Waals surface area (Å²) in [5, 5.41) is 12.4. The fraction of sp³-hybridized carbons (Fsp3) is 0.391. The highest BCUT2D eigenvalue weighted by molar-refractivity contribution is 7.89. The molecule has 2 N–H and O–H groups in total. The summed E-state index contributed by atoms with van der Waals surface area (Å²) in [4.78, 5) is 24.7. The molecule has 1 fully saturated rings. The number of hydrogen-bond acceptors (Lipinski definition) is 5. The Balaban J connectivity index is 1.87. The number of carbonyl (C=O) groups is 2. The summed E-state index contributed by atoms with van der Waals surface area (Å²) in [5.41, 5.74) is -0.662. The molecule has 2 aromatic carbocycles. The molecule has 32 heavy (non-hydrogen) atoms. The summed E-state index contributed by atoms with van der Waals surface area (Å²) in [6.45, 7) is 4.43. The molecule has 1 saturated heterocycles. The molecule has 0 unspecified atom stereocenters. The van der Waals surface area contributed by atoms with Gasteiger partial charge in [-0.2, -0.15) is 4.31 Å². The van der Waals surface area contributed by atoms with Crippen LogP contribution >= 0.6 is 0 Å². The van der Waals surface area contributed by atoms with Gasteiger partial charge in [0.2, 0.25) is 15.9 Å². The first kappa shape index (κ1) is 23.7. The largest absolute Gasteiger partial charge is 0.492 e. The van der Waals surface area contributed by atoms with Crippen LogP contribution in [0.1, 0.15) is 38.7 Å². The maximum Gasteiger partial charge on any atom is 0.314 e. The number of carboxylic acid groups (broad SMARTS) is 1. The zero-order valence-corrected chi connectivity index (χ0v) is 19.0. The van der Waals surface area contributed by atoms with Crippen LogP contribution in [-0.2, 0) is 25.0 Å². The van der Waals surface area contributed by atoms with E-state index in [0.29, 0.717) is 25.3 Å². The highest BCUT2D eigenvalue weighted by Gasteiger charge is 2.37.